The molecule has 31 heavy (non-hydrogen) atoms. The number of rotatable bonds is 3. The first-order valence-corrected chi connectivity index (χ1v) is 10.8. The van der Waals surface area contributed by atoms with Crippen LogP contribution in [-0.2, 0) is 4.79 Å². The van der Waals surface area contributed by atoms with E-state index in [1.54, 1.807) is 25.2 Å². The van der Waals surface area contributed by atoms with Crippen molar-refractivity contribution in [3.8, 4) is 5.75 Å². The van der Waals surface area contributed by atoms with Crippen LogP contribution in [0.1, 0.15) is 47.8 Å². The van der Waals surface area contributed by atoms with Gasteiger partial charge < -0.3 is 19.9 Å². The van der Waals surface area contributed by atoms with Crippen molar-refractivity contribution in [3.63, 3.8) is 0 Å². The molecule has 0 bridgehead atoms. The largest absolute Gasteiger partial charge is 0.482 e. The van der Waals surface area contributed by atoms with Crippen molar-refractivity contribution in [1.82, 2.24) is 15.3 Å². The van der Waals surface area contributed by atoms with Crippen LogP contribution in [-0.4, -0.2) is 41.5 Å². The fourth-order valence-corrected chi connectivity index (χ4v) is 4.62. The number of nitrogens with one attached hydrogen (secondary N) is 2. The number of anilines is 1. The highest BCUT2D eigenvalue weighted by atomic mass is 35.5. The highest BCUT2D eigenvalue weighted by Gasteiger charge is 2.28. The van der Waals surface area contributed by atoms with E-state index in [2.05, 4.69) is 10.3 Å². The van der Waals surface area contributed by atoms with Gasteiger partial charge in [-0.3, -0.25) is 9.59 Å². The van der Waals surface area contributed by atoms with Gasteiger partial charge in [0, 0.05) is 29.6 Å². The van der Waals surface area contributed by atoms with Crippen molar-refractivity contribution in [3.05, 3.63) is 52.8 Å². The van der Waals surface area contributed by atoms with E-state index in [0.29, 0.717) is 22.0 Å². The Hall–Kier alpha value is -3.06. The Morgan fingerprint density at radius 2 is 2.13 bits per heavy atom. The van der Waals surface area contributed by atoms with Crippen molar-refractivity contribution in [2.45, 2.75) is 37.6 Å². The van der Waals surface area contributed by atoms with Gasteiger partial charge in [0.2, 0.25) is 0 Å². The summed E-state index contributed by atoms with van der Waals surface area (Å²) in [5.74, 6) is 1.54. The minimum absolute atomic E-state index is 0.0203. The van der Waals surface area contributed by atoms with Gasteiger partial charge in [-0.25, -0.2) is 4.98 Å². The first kappa shape index (κ1) is 19.9. The molecule has 0 saturated heterocycles. The van der Waals surface area contributed by atoms with Crippen LogP contribution in [0, 0.1) is 0 Å². The molecule has 1 aliphatic heterocycles. The molecule has 2 aliphatic rings. The van der Waals surface area contributed by atoms with Crippen LogP contribution in [0.15, 0.2) is 36.4 Å². The molecule has 0 spiro atoms. The Labute approximate surface area is 184 Å². The van der Waals surface area contributed by atoms with Crippen molar-refractivity contribution >= 4 is 40.1 Å². The van der Waals surface area contributed by atoms with E-state index in [9.17, 15) is 9.59 Å². The summed E-state index contributed by atoms with van der Waals surface area (Å²) in [5, 5.41) is 3.84. The molecule has 2 atom stereocenters. The monoisotopic (exact) mass is 438 g/mol. The topological polar surface area (TPSA) is 87.3 Å². The molecular formula is C23H23ClN4O3. The smallest absolute Gasteiger partial charge is 0.264 e. The number of hydrogen-bond donors (Lipinski definition) is 2. The Bertz CT molecular complexity index is 1170. The van der Waals surface area contributed by atoms with Gasteiger partial charge in [0.15, 0.2) is 6.61 Å². The minimum Gasteiger partial charge on any atom is -0.482 e. The Morgan fingerprint density at radius 1 is 1.26 bits per heavy atom. The van der Waals surface area contributed by atoms with Gasteiger partial charge in [0.05, 0.1) is 16.7 Å². The van der Waals surface area contributed by atoms with Crippen LogP contribution in [0.5, 0.6) is 5.75 Å². The SMILES string of the molecule is CN1C(=O)COc2ccc(C(=O)N[C@@H]3CCC[C@H](c4nc5ccc(Cl)cc5[nH]4)C3)cc21. The second kappa shape index (κ2) is 7.89. The lowest BCUT2D eigenvalue weighted by Gasteiger charge is -2.29. The summed E-state index contributed by atoms with van der Waals surface area (Å²) in [6, 6.07) is 10.9. The molecule has 2 heterocycles. The first-order chi connectivity index (χ1) is 15.0. The van der Waals surface area contributed by atoms with Gasteiger partial charge in [0.1, 0.15) is 11.6 Å². The van der Waals surface area contributed by atoms with E-state index in [1.807, 2.05) is 18.2 Å². The second-order valence-electron chi connectivity index (χ2n) is 8.24. The van der Waals surface area contributed by atoms with Crippen LogP contribution in [0.2, 0.25) is 5.02 Å². The lowest BCUT2D eigenvalue weighted by Crippen LogP contribution is -2.39. The van der Waals surface area contributed by atoms with E-state index < -0.39 is 0 Å². The number of carbonyl (C=O) groups is 2. The average molecular weight is 439 g/mol. The van der Waals surface area contributed by atoms with E-state index >= 15 is 0 Å². The number of H-pyrrole nitrogens is 1. The number of amides is 2. The zero-order valence-corrected chi connectivity index (χ0v) is 17.9. The number of benzene rings is 2. The molecule has 2 amide bonds. The summed E-state index contributed by atoms with van der Waals surface area (Å²) >= 11 is 6.09. The summed E-state index contributed by atoms with van der Waals surface area (Å²) in [4.78, 5) is 34.5. The predicted molar refractivity (Wildman–Crippen MR) is 119 cm³/mol. The molecule has 0 unspecified atom stereocenters. The van der Waals surface area contributed by atoms with Gasteiger partial charge in [-0.2, -0.15) is 0 Å². The Kier molecular flexibility index (Phi) is 5.06. The second-order valence-corrected chi connectivity index (χ2v) is 8.68. The van der Waals surface area contributed by atoms with Crippen molar-refractivity contribution in [2.75, 3.05) is 18.6 Å². The fourth-order valence-electron chi connectivity index (χ4n) is 4.45. The predicted octanol–water partition coefficient (Wildman–Crippen LogP) is 4.03. The van der Waals surface area contributed by atoms with Crippen LogP contribution in [0.4, 0.5) is 5.69 Å². The highest BCUT2D eigenvalue weighted by molar-refractivity contribution is 6.31. The molecule has 7 nitrogen and oxygen atoms in total. The number of imidazole rings is 1. The van der Waals surface area contributed by atoms with Gasteiger partial charge in [0.25, 0.3) is 11.8 Å². The van der Waals surface area contributed by atoms with Gasteiger partial charge >= 0.3 is 0 Å². The normalized spacial score (nSPS) is 21.0. The standard InChI is InChI=1S/C23H23ClN4O3/c1-28-19-10-14(5-8-20(19)31-12-21(28)29)23(30)25-16-4-2-3-13(9-16)22-26-17-7-6-15(24)11-18(17)27-22/h5-8,10-11,13,16H,2-4,9,12H2,1H3,(H,25,30)(H,26,27)/t13-,16+/m0/s1. The number of nitrogens with zero attached hydrogens (tertiary/aromatic N) is 2. The molecule has 3 aromatic rings. The summed E-state index contributed by atoms with van der Waals surface area (Å²) in [7, 11) is 1.69. The molecule has 2 aromatic carbocycles. The molecule has 160 valence electrons. The first-order valence-electron chi connectivity index (χ1n) is 10.5. The molecule has 2 N–H and O–H groups in total. The molecule has 5 rings (SSSR count). The molecule has 1 aromatic heterocycles. The Balaban J connectivity index is 1.30. The summed E-state index contributed by atoms with van der Waals surface area (Å²) in [6.07, 6.45) is 3.80. The maximum absolute atomic E-state index is 12.9. The zero-order chi connectivity index (χ0) is 21.5. The fraction of sp³-hybridized carbons (Fsp3) is 0.348. The number of hydrogen-bond acceptors (Lipinski definition) is 4. The number of likely N-dealkylation sites (N-methyl/N-ethyl adjacent to an activating group) is 1. The van der Waals surface area contributed by atoms with Crippen molar-refractivity contribution < 1.29 is 14.3 Å². The van der Waals surface area contributed by atoms with E-state index in [0.717, 1.165) is 42.5 Å². The number of carbonyl (C=O) groups excluding carboxylic acids is 2. The maximum Gasteiger partial charge on any atom is 0.264 e. The summed E-state index contributed by atoms with van der Waals surface area (Å²) < 4.78 is 5.44. The van der Waals surface area contributed by atoms with Crippen molar-refractivity contribution in [1.29, 1.82) is 0 Å². The van der Waals surface area contributed by atoms with Crippen LogP contribution >= 0.6 is 11.6 Å². The lowest BCUT2D eigenvalue weighted by molar-refractivity contribution is -0.120. The molecule has 0 radical (unpaired) electrons. The van der Waals surface area contributed by atoms with E-state index in [4.69, 9.17) is 21.3 Å². The summed E-state index contributed by atoms with van der Waals surface area (Å²) in [6.45, 7) is 0.0203. The third kappa shape index (κ3) is 3.85. The quantitative estimate of drug-likeness (QED) is 0.646. The molecule has 1 saturated carbocycles. The number of halogens is 1. The van der Waals surface area contributed by atoms with Crippen LogP contribution in [0.3, 0.4) is 0 Å². The van der Waals surface area contributed by atoms with Crippen molar-refractivity contribution in [2.24, 2.45) is 0 Å². The highest BCUT2D eigenvalue weighted by Crippen LogP contribution is 2.34. The Morgan fingerprint density at radius 3 is 3.00 bits per heavy atom. The maximum atomic E-state index is 12.9. The summed E-state index contributed by atoms with van der Waals surface area (Å²) in [5.41, 5.74) is 2.97. The lowest BCUT2D eigenvalue weighted by atomic mass is 9.85. The van der Waals surface area contributed by atoms with Gasteiger partial charge in [-0.05, 0) is 55.7 Å². The number of aromatic nitrogens is 2. The third-order valence-electron chi connectivity index (χ3n) is 6.17. The zero-order valence-electron chi connectivity index (χ0n) is 17.2. The molecular weight excluding hydrogens is 416 g/mol. The van der Waals surface area contributed by atoms with Gasteiger partial charge in [-0.1, -0.05) is 18.0 Å². The van der Waals surface area contributed by atoms with Gasteiger partial charge in [-0.15, -0.1) is 0 Å². The van der Waals surface area contributed by atoms with Crippen LogP contribution < -0.4 is 15.0 Å². The van der Waals surface area contributed by atoms with E-state index in [1.165, 1.54) is 4.90 Å². The minimum atomic E-state index is -0.142. The molecule has 1 fully saturated rings. The molecule has 1 aliphatic carbocycles. The third-order valence-corrected chi connectivity index (χ3v) is 6.40. The molecule has 8 heteroatoms. The van der Waals surface area contributed by atoms with E-state index in [-0.39, 0.29) is 30.4 Å². The van der Waals surface area contributed by atoms with Crippen LogP contribution in [0.25, 0.3) is 11.0 Å². The number of ether oxygens (including phenoxy) is 1. The number of aromatic amines is 1. The number of fused-ring (bicyclic) bond motifs is 2. The average Bonchev–Trinajstić information content (AvgIpc) is 3.19.